The summed E-state index contributed by atoms with van der Waals surface area (Å²) in [5.41, 5.74) is 6.26. The first-order valence-electron chi connectivity index (χ1n) is 4.90. The number of aromatic nitrogens is 1. The van der Waals surface area contributed by atoms with Gasteiger partial charge in [0.1, 0.15) is 23.2 Å². The zero-order valence-electron chi connectivity index (χ0n) is 8.82. The zero-order chi connectivity index (χ0) is 12.3. The third-order valence-electron chi connectivity index (χ3n) is 2.04. The Bertz CT molecular complexity index is 518. The molecule has 0 fully saturated rings. The van der Waals surface area contributed by atoms with Crippen molar-refractivity contribution < 1.29 is 9.13 Å². The van der Waals surface area contributed by atoms with Crippen molar-refractivity contribution in [3.63, 3.8) is 0 Å². The van der Waals surface area contributed by atoms with Crippen LogP contribution < -0.4 is 10.5 Å². The first-order chi connectivity index (χ1) is 8.19. The van der Waals surface area contributed by atoms with Crippen molar-refractivity contribution in [3.8, 4) is 5.75 Å². The third kappa shape index (κ3) is 3.24. The van der Waals surface area contributed by atoms with Gasteiger partial charge in [0, 0.05) is 18.0 Å². The normalized spacial score (nSPS) is 10.5. The van der Waals surface area contributed by atoms with E-state index in [9.17, 15) is 4.39 Å². The summed E-state index contributed by atoms with van der Waals surface area (Å²) < 4.78 is 19.2. The van der Waals surface area contributed by atoms with E-state index >= 15 is 0 Å². The number of hydrogen-bond acceptors (Lipinski definition) is 4. The maximum absolute atomic E-state index is 13.0. The minimum atomic E-state index is -0.330. The monoisotopic (exact) mass is 316 g/mol. The molecule has 0 aliphatic carbocycles. The van der Waals surface area contributed by atoms with E-state index in [1.165, 1.54) is 23.5 Å². The molecule has 2 N–H and O–H groups in total. The molecule has 0 aliphatic heterocycles. The highest BCUT2D eigenvalue weighted by Crippen LogP contribution is 2.26. The van der Waals surface area contributed by atoms with Crippen LogP contribution in [0.25, 0.3) is 0 Å². The Kier molecular flexibility index (Phi) is 4.09. The Balaban J connectivity index is 2.04. The van der Waals surface area contributed by atoms with E-state index in [0.717, 1.165) is 10.7 Å². The van der Waals surface area contributed by atoms with Gasteiger partial charge in [-0.05, 0) is 28.1 Å². The summed E-state index contributed by atoms with van der Waals surface area (Å²) in [5, 5.41) is 2.75. The van der Waals surface area contributed by atoms with Gasteiger partial charge in [0.2, 0.25) is 0 Å². The van der Waals surface area contributed by atoms with Crippen molar-refractivity contribution >= 4 is 27.3 Å². The van der Waals surface area contributed by atoms with Gasteiger partial charge in [0.15, 0.2) is 0 Å². The summed E-state index contributed by atoms with van der Waals surface area (Å²) in [5.74, 6) is 0.136. The van der Waals surface area contributed by atoms with Gasteiger partial charge in [0.05, 0.1) is 10.2 Å². The number of nitrogens with zero attached hydrogens (tertiary/aromatic N) is 1. The summed E-state index contributed by atoms with van der Waals surface area (Å²) in [6.45, 7) is 0.729. The summed E-state index contributed by atoms with van der Waals surface area (Å²) in [6.07, 6.45) is 0. The van der Waals surface area contributed by atoms with Gasteiger partial charge in [-0.2, -0.15) is 0 Å². The van der Waals surface area contributed by atoms with Crippen molar-refractivity contribution in [1.82, 2.24) is 4.98 Å². The molecule has 0 saturated carbocycles. The van der Waals surface area contributed by atoms with Gasteiger partial charge in [-0.25, -0.2) is 9.37 Å². The molecular formula is C11H10BrFN2OS. The average Bonchev–Trinajstić information content (AvgIpc) is 2.78. The lowest BCUT2D eigenvalue weighted by molar-refractivity contribution is 0.298. The van der Waals surface area contributed by atoms with E-state index in [1.807, 2.05) is 5.38 Å². The molecule has 2 rings (SSSR count). The summed E-state index contributed by atoms with van der Waals surface area (Å²) in [4.78, 5) is 4.26. The standard InChI is InChI=1S/C11H10BrFN2OS/c12-9-2-1-7(13)3-10(9)16-5-8-6-17-11(4-14)15-8/h1-3,6H,4-5,14H2. The number of hydrogen-bond donors (Lipinski definition) is 1. The quantitative estimate of drug-likeness (QED) is 0.943. The molecule has 0 amide bonds. The number of thiazole rings is 1. The number of ether oxygens (including phenoxy) is 1. The van der Waals surface area contributed by atoms with Crippen LogP contribution in [0.4, 0.5) is 4.39 Å². The molecule has 0 spiro atoms. The molecule has 6 heteroatoms. The Morgan fingerprint density at radius 3 is 3.00 bits per heavy atom. The lowest BCUT2D eigenvalue weighted by atomic mass is 10.3. The lowest BCUT2D eigenvalue weighted by Crippen LogP contribution is -1.99. The molecular weight excluding hydrogens is 307 g/mol. The highest BCUT2D eigenvalue weighted by atomic mass is 79.9. The fraction of sp³-hybridized carbons (Fsp3) is 0.182. The summed E-state index contributed by atoms with van der Waals surface area (Å²) in [6, 6.07) is 4.31. The van der Waals surface area contributed by atoms with Crippen LogP contribution in [0, 0.1) is 5.82 Å². The van der Waals surface area contributed by atoms with E-state index in [1.54, 1.807) is 6.07 Å². The molecule has 1 heterocycles. The number of halogens is 2. The fourth-order valence-electron chi connectivity index (χ4n) is 1.25. The molecule has 0 radical (unpaired) electrons. The van der Waals surface area contributed by atoms with E-state index in [2.05, 4.69) is 20.9 Å². The van der Waals surface area contributed by atoms with Crippen molar-refractivity contribution in [1.29, 1.82) is 0 Å². The van der Waals surface area contributed by atoms with E-state index in [0.29, 0.717) is 23.4 Å². The summed E-state index contributed by atoms with van der Waals surface area (Å²) >= 11 is 4.78. The Morgan fingerprint density at radius 1 is 1.47 bits per heavy atom. The summed E-state index contributed by atoms with van der Waals surface area (Å²) in [7, 11) is 0. The first-order valence-corrected chi connectivity index (χ1v) is 6.57. The fourth-order valence-corrected chi connectivity index (χ4v) is 2.27. The highest BCUT2D eigenvalue weighted by Gasteiger charge is 2.05. The second kappa shape index (κ2) is 5.57. The van der Waals surface area contributed by atoms with Crippen LogP contribution in [0.2, 0.25) is 0 Å². The van der Waals surface area contributed by atoms with Gasteiger partial charge in [-0.3, -0.25) is 0 Å². The SMILES string of the molecule is NCc1nc(COc2cc(F)ccc2Br)cs1. The van der Waals surface area contributed by atoms with Crippen LogP contribution in [-0.4, -0.2) is 4.98 Å². The molecule has 1 aromatic heterocycles. The number of rotatable bonds is 4. The van der Waals surface area contributed by atoms with Crippen molar-refractivity contribution in [2.45, 2.75) is 13.2 Å². The van der Waals surface area contributed by atoms with Gasteiger partial charge in [-0.1, -0.05) is 0 Å². The highest BCUT2D eigenvalue weighted by molar-refractivity contribution is 9.10. The second-order valence-electron chi connectivity index (χ2n) is 3.30. The zero-order valence-corrected chi connectivity index (χ0v) is 11.2. The molecule has 3 nitrogen and oxygen atoms in total. The number of nitrogens with two attached hydrogens (primary N) is 1. The Hall–Kier alpha value is -0.980. The molecule has 1 aromatic carbocycles. The van der Waals surface area contributed by atoms with Crippen LogP contribution in [0.5, 0.6) is 5.75 Å². The third-order valence-corrected chi connectivity index (χ3v) is 3.62. The molecule has 2 aromatic rings. The van der Waals surface area contributed by atoms with Crippen LogP contribution >= 0.6 is 27.3 Å². The lowest BCUT2D eigenvalue weighted by Gasteiger charge is -2.06. The smallest absolute Gasteiger partial charge is 0.136 e. The largest absolute Gasteiger partial charge is 0.486 e. The predicted octanol–water partition coefficient (Wildman–Crippen LogP) is 3.08. The van der Waals surface area contributed by atoms with Gasteiger partial charge in [-0.15, -0.1) is 11.3 Å². The van der Waals surface area contributed by atoms with E-state index in [-0.39, 0.29) is 5.82 Å². The number of benzene rings is 1. The minimum Gasteiger partial charge on any atom is -0.486 e. The van der Waals surface area contributed by atoms with Gasteiger partial charge < -0.3 is 10.5 Å². The van der Waals surface area contributed by atoms with Crippen molar-refractivity contribution in [2.24, 2.45) is 5.73 Å². The Labute approximate surface area is 111 Å². The molecule has 0 atom stereocenters. The molecule has 0 aliphatic rings. The first kappa shape index (κ1) is 12.5. The van der Waals surface area contributed by atoms with Crippen molar-refractivity contribution in [2.75, 3.05) is 0 Å². The maximum Gasteiger partial charge on any atom is 0.136 e. The second-order valence-corrected chi connectivity index (χ2v) is 5.10. The van der Waals surface area contributed by atoms with Gasteiger partial charge >= 0.3 is 0 Å². The van der Waals surface area contributed by atoms with Crippen molar-refractivity contribution in [3.05, 3.63) is 44.6 Å². The average molecular weight is 317 g/mol. The maximum atomic E-state index is 13.0. The minimum absolute atomic E-state index is 0.304. The predicted molar refractivity (Wildman–Crippen MR) is 68.4 cm³/mol. The van der Waals surface area contributed by atoms with E-state index < -0.39 is 0 Å². The van der Waals surface area contributed by atoms with E-state index in [4.69, 9.17) is 10.5 Å². The van der Waals surface area contributed by atoms with Gasteiger partial charge in [0.25, 0.3) is 0 Å². The van der Waals surface area contributed by atoms with Crippen LogP contribution in [0.15, 0.2) is 28.1 Å². The van der Waals surface area contributed by atoms with Crippen LogP contribution in [-0.2, 0) is 13.2 Å². The molecule has 0 saturated heterocycles. The molecule has 17 heavy (non-hydrogen) atoms. The van der Waals surface area contributed by atoms with Crippen LogP contribution in [0.1, 0.15) is 10.7 Å². The Morgan fingerprint density at radius 2 is 2.29 bits per heavy atom. The topological polar surface area (TPSA) is 48.1 Å². The molecule has 0 unspecified atom stereocenters. The molecule has 0 bridgehead atoms. The molecule has 90 valence electrons. The van der Waals surface area contributed by atoms with Crippen LogP contribution in [0.3, 0.4) is 0 Å².